The third-order valence-electron chi connectivity index (χ3n) is 4.04. The molecule has 0 radical (unpaired) electrons. The fraction of sp³-hybridized carbons (Fsp3) is 0. The predicted molar refractivity (Wildman–Crippen MR) is 119 cm³/mol. The fourth-order valence-electron chi connectivity index (χ4n) is 2.68. The first kappa shape index (κ1) is 19.0. The molecule has 2 heterocycles. The lowest BCUT2D eigenvalue weighted by atomic mass is 10.3. The smallest absolute Gasteiger partial charge is 0.149 e. The van der Waals surface area contributed by atoms with Crippen molar-refractivity contribution in [1.82, 2.24) is 9.97 Å². The Morgan fingerprint density at radius 2 is 1.37 bits per heavy atom. The molecule has 0 saturated heterocycles. The summed E-state index contributed by atoms with van der Waals surface area (Å²) in [5.41, 5.74) is 1.65. The molecule has 6 nitrogen and oxygen atoms in total. The van der Waals surface area contributed by atoms with Gasteiger partial charge in [-0.05, 0) is 36.4 Å². The number of fused-ring (bicyclic) bond motifs is 5. The van der Waals surface area contributed by atoms with Crippen LogP contribution < -0.4 is 20.1 Å². The highest BCUT2D eigenvalue weighted by molar-refractivity contribution is 5.67. The molecule has 4 bridgehead atoms. The van der Waals surface area contributed by atoms with E-state index in [1.165, 1.54) is 6.33 Å². The van der Waals surface area contributed by atoms with Crippen LogP contribution in [0.25, 0.3) is 0 Å². The van der Waals surface area contributed by atoms with Crippen LogP contribution in [-0.2, 0) is 0 Å². The van der Waals surface area contributed by atoms with E-state index in [0.29, 0.717) is 17.4 Å². The van der Waals surface area contributed by atoms with Gasteiger partial charge in [-0.2, -0.15) is 0 Å². The molecule has 2 N–H and O–H groups in total. The number of allylic oxidation sites excluding steroid dienone is 6. The first-order valence-corrected chi connectivity index (χ1v) is 9.40. The second kappa shape index (κ2) is 9.75. The predicted octanol–water partition coefficient (Wildman–Crippen LogP) is 5.87. The second-order valence-electron chi connectivity index (χ2n) is 6.23. The largest absolute Gasteiger partial charge is 0.465 e. The Morgan fingerprint density at radius 1 is 0.633 bits per heavy atom. The highest BCUT2D eigenvalue weighted by atomic mass is 16.5. The summed E-state index contributed by atoms with van der Waals surface area (Å²) in [6.45, 7) is 0. The first-order valence-electron chi connectivity index (χ1n) is 9.40. The van der Waals surface area contributed by atoms with Crippen LogP contribution >= 0.6 is 0 Å². The van der Waals surface area contributed by atoms with E-state index in [0.717, 1.165) is 17.1 Å². The topological polar surface area (TPSA) is 68.3 Å². The summed E-state index contributed by atoms with van der Waals surface area (Å²) in [6, 6.07) is 17.1. The molecule has 3 aromatic rings. The van der Waals surface area contributed by atoms with E-state index in [1.807, 2.05) is 91.1 Å². The number of anilines is 4. The number of hydrogen-bond donors (Lipinski definition) is 2. The monoisotopic (exact) mass is 396 g/mol. The number of nitrogens with one attached hydrogen (secondary N) is 2. The Labute approximate surface area is 174 Å². The zero-order chi connectivity index (χ0) is 20.4. The minimum Gasteiger partial charge on any atom is -0.465 e. The number of hydrogen-bond acceptors (Lipinski definition) is 6. The summed E-state index contributed by atoms with van der Waals surface area (Å²) in [6.07, 6.45) is 16.0. The van der Waals surface area contributed by atoms with Crippen LogP contribution in [0.2, 0.25) is 0 Å². The van der Waals surface area contributed by atoms with E-state index < -0.39 is 0 Å². The van der Waals surface area contributed by atoms with Gasteiger partial charge < -0.3 is 20.1 Å². The van der Waals surface area contributed by atoms with Crippen molar-refractivity contribution in [1.29, 1.82) is 0 Å². The maximum absolute atomic E-state index is 5.76. The maximum Gasteiger partial charge on any atom is 0.149 e. The van der Waals surface area contributed by atoms with Crippen molar-refractivity contribution < 1.29 is 9.47 Å². The third kappa shape index (κ3) is 5.36. The van der Waals surface area contributed by atoms with Crippen LogP contribution in [0.5, 0.6) is 11.5 Å². The minimum absolute atomic E-state index is 0.641. The summed E-state index contributed by atoms with van der Waals surface area (Å²) < 4.78 is 11.4. The Kier molecular flexibility index (Phi) is 6.18. The van der Waals surface area contributed by atoms with Gasteiger partial charge in [-0.3, -0.25) is 0 Å². The molecule has 0 spiro atoms. The zero-order valence-corrected chi connectivity index (χ0v) is 16.1. The summed E-state index contributed by atoms with van der Waals surface area (Å²) >= 11 is 0. The van der Waals surface area contributed by atoms with E-state index in [4.69, 9.17) is 9.47 Å². The Bertz CT molecular complexity index is 1120. The van der Waals surface area contributed by atoms with Gasteiger partial charge >= 0.3 is 0 Å². The van der Waals surface area contributed by atoms with Gasteiger partial charge in [0.25, 0.3) is 0 Å². The molecule has 148 valence electrons. The van der Waals surface area contributed by atoms with Crippen molar-refractivity contribution in [2.75, 3.05) is 10.6 Å². The van der Waals surface area contributed by atoms with E-state index in [1.54, 1.807) is 12.5 Å². The van der Waals surface area contributed by atoms with Gasteiger partial charge in [0.05, 0.1) is 18.2 Å². The van der Waals surface area contributed by atoms with Crippen molar-refractivity contribution in [3.8, 4) is 11.5 Å². The SMILES string of the molecule is C1=CC=COc2cccc(c2)Nc2cc(ncn2)Nc2ccccc2OC=CC=C1. The highest BCUT2D eigenvalue weighted by Crippen LogP contribution is 2.28. The van der Waals surface area contributed by atoms with Crippen LogP contribution in [0.3, 0.4) is 0 Å². The summed E-state index contributed by atoms with van der Waals surface area (Å²) in [5.74, 6) is 2.70. The number of ether oxygens (including phenoxy) is 2. The summed E-state index contributed by atoms with van der Waals surface area (Å²) in [5, 5.41) is 6.55. The molecule has 0 unspecified atom stereocenters. The number of aromatic nitrogens is 2. The molecule has 0 saturated carbocycles. The molecular formula is C24H20N4O2. The molecule has 1 aliphatic heterocycles. The van der Waals surface area contributed by atoms with Crippen LogP contribution in [0, 0.1) is 0 Å². The standard InChI is InChI=1S/C24H20N4O2/c1-2-4-8-15-30-22-13-6-5-12-21(22)28-24-17-23(25-18-26-24)27-19-10-9-11-20(16-19)29-14-7-3-1/h1-18H,(H2,25,26,27,28). The Balaban J connectivity index is 1.65. The quantitative estimate of drug-likeness (QED) is 0.495. The number of para-hydroxylation sites is 2. The molecule has 4 rings (SSSR count). The third-order valence-corrected chi connectivity index (χ3v) is 4.04. The van der Waals surface area contributed by atoms with E-state index in [2.05, 4.69) is 20.6 Å². The van der Waals surface area contributed by atoms with Gasteiger partial charge in [-0.1, -0.05) is 42.5 Å². The normalized spacial score (nSPS) is 13.2. The van der Waals surface area contributed by atoms with Crippen LogP contribution in [-0.4, -0.2) is 9.97 Å². The zero-order valence-electron chi connectivity index (χ0n) is 16.1. The Hall–Kier alpha value is -4.32. The summed E-state index contributed by atoms with van der Waals surface area (Å²) in [7, 11) is 0. The van der Waals surface area contributed by atoms with E-state index in [9.17, 15) is 0 Å². The lowest BCUT2D eigenvalue weighted by Crippen LogP contribution is -1.99. The molecule has 0 amide bonds. The molecule has 0 atom stereocenters. The molecule has 30 heavy (non-hydrogen) atoms. The van der Waals surface area contributed by atoms with Crippen LogP contribution in [0.1, 0.15) is 0 Å². The van der Waals surface area contributed by atoms with Crippen molar-refractivity contribution >= 4 is 23.0 Å². The van der Waals surface area contributed by atoms with E-state index in [-0.39, 0.29) is 0 Å². The highest BCUT2D eigenvalue weighted by Gasteiger charge is 2.05. The number of rotatable bonds is 0. The van der Waals surface area contributed by atoms with Crippen LogP contribution in [0.4, 0.5) is 23.0 Å². The summed E-state index contributed by atoms with van der Waals surface area (Å²) in [4.78, 5) is 8.60. The average molecular weight is 396 g/mol. The average Bonchev–Trinajstić information content (AvgIpc) is 2.76. The molecule has 2 aromatic carbocycles. The molecule has 0 fully saturated rings. The lowest BCUT2D eigenvalue weighted by molar-refractivity contribution is 0.481. The van der Waals surface area contributed by atoms with Crippen LogP contribution in [0.15, 0.2) is 110 Å². The lowest BCUT2D eigenvalue weighted by Gasteiger charge is -2.12. The number of benzene rings is 2. The van der Waals surface area contributed by atoms with E-state index >= 15 is 0 Å². The second-order valence-corrected chi connectivity index (χ2v) is 6.23. The van der Waals surface area contributed by atoms with Gasteiger partial charge in [0, 0.05) is 17.8 Å². The van der Waals surface area contributed by atoms with Gasteiger partial charge in [0.2, 0.25) is 0 Å². The maximum atomic E-state index is 5.76. The Morgan fingerprint density at radius 3 is 2.23 bits per heavy atom. The fourth-order valence-corrected chi connectivity index (χ4v) is 2.68. The molecule has 6 heteroatoms. The molecule has 0 aliphatic carbocycles. The van der Waals surface area contributed by atoms with Crippen molar-refractivity contribution in [2.45, 2.75) is 0 Å². The van der Waals surface area contributed by atoms with Gasteiger partial charge in [-0.25, -0.2) is 9.97 Å². The van der Waals surface area contributed by atoms with Crippen molar-refractivity contribution in [3.05, 3.63) is 110 Å². The number of nitrogens with zero attached hydrogens (tertiary/aromatic N) is 2. The minimum atomic E-state index is 0.641. The van der Waals surface area contributed by atoms with Gasteiger partial charge in [0.15, 0.2) is 0 Å². The van der Waals surface area contributed by atoms with Gasteiger partial charge in [0.1, 0.15) is 29.5 Å². The van der Waals surface area contributed by atoms with Gasteiger partial charge in [-0.15, -0.1) is 0 Å². The van der Waals surface area contributed by atoms with Crippen molar-refractivity contribution in [3.63, 3.8) is 0 Å². The molecular weight excluding hydrogens is 376 g/mol. The van der Waals surface area contributed by atoms with Crippen molar-refractivity contribution in [2.24, 2.45) is 0 Å². The molecule has 1 aliphatic rings. The first-order chi connectivity index (χ1) is 14.9. The molecule has 1 aromatic heterocycles.